The van der Waals surface area contributed by atoms with E-state index in [2.05, 4.69) is 5.32 Å². The molecule has 0 unspecified atom stereocenters. The Morgan fingerprint density at radius 3 is 2.32 bits per heavy atom. The number of rotatable bonds is 6. The number of aliphatic hydroxyl groups is 1. The van der Waals surface area contributed by atoms with Gasteiger partial charge in [-0.2, -0.15) is 0 Å². The first-order valence-corrected chi connectivity index (χ1v) is 9.68. The lowest BCUT2D eigenvalue weighted by atomic mass is 9.98. The summed E-state index contributed by atoms with van der Waals surface area (Å²) in [4.78, 5) is 25.9. The molecule has 1 saturated heterocycles. The molecule has 3 amide bonds. The number of carbonyl (C=O) groups excluding carboxylic acids is 2. The number of ether oxygens (including phenoxy) is 1. The Labute approximate surface area is 164 Å². The van der Waals surface area contributed by atoms with E-state index in [0.717, 1.165) is 28.9 Å². The van der Waals surface area contributed by atoms with Gasteiger partial charge >= 0.3 is 6.03 Å². The summed E-state index contributed by atoms with van der Waals surface area (Å²) in [6.07, 6.45) is 2.28. The molecule has 146 valence electrons. The van der Waals surface area contributed by atoms with Crippen LogP contribution in [0.25, 0.3) is 11.1 Å². The summed E-state index contributed by atoms with van der Waals surface area (Å²) in [5.41, 5.74) is 1.45. The number of amides is 3. The number of aliphatic hydroxyl groups excluding tert-OH is 1. The standard InChI is InChI=1S/C22H24N2O4/c25-18(14-24-20(26)22(23-21(24)27)12-4-5-13-22)15-28-19-10-8-17(9-11-19)16-6-2-1-3-7-16/h1-3,6-11,18,25H,4-5,12-15H2,(H,23,27)/t18-/m0/s1. The molecule has 2 N–H and O–H groups in total. The van der Waals surface area contributed by atoms with Crippen molar-refractivity contribution in [1.29, 1.82) is 0 Å². The summed E-state index contributed by atoms with van der Waals surface area (Å²) in [5.74, 6) is 0.407. The van der Waals surface area contributed by atoms with E-state index in [1.165, 1.54) is 0 Å². The number of benzene rings is 2. The Kier molecular flexibility index (Phi) is 5.05. The molecule has 0 bridgehead atoms. The molecule has 2 aromatic rings. The lowest BCUT2D eigenvalue weighted by molar-refractivity contribution is -0.132. The molecule has 1 atom stereocenters. The second-order valence-electron chi connectivity index (χ2n) is 7.49. The lowest BCUT2D eigenvalue weighted by Gasteiger charge is -2.21. The summed E-state index contributed by atoms with van der Waals surface area (Å²) in [6, 6.07) is 17.2. The summed E-state index contributed by atoms with van der Waals surface area (Å²) in [5, 5.41) is 13.1. The van der Waals surface area contributed by atoms with E-state index in [4.69, 9.17) is 4.74 Å². The molecule has 4 rings (SSSR count). The zero-order chi connectivity index (χ0) is 19.6. The molecule has 0 radical (unpaired) electrons. The normalized spacial score (nSPS) is 19.1. The van der Waals surface area contributed by atoms with Crippen molar-refractivity contribution < 1.29 is 19.4 Å². The molecule has 1 saturated carbocycles. The molecule has 1 spiro atoms. The van der Waals surface area contributed by atoms with Gasteiger partial charge in [0.25, 0.3) is 5.91 Å². The Morgan fingerprint density at radius 1 is 1.00 bits per heavy atom. The fraction of sp³-hybridized carbons (Fsp3) is 0.364. The van der Waals surface area contributed by atoms with E-state index in [1.807, 2.05) is 54.6 Å². The van der Waals surface area contributed by atoms with E-state index in [0.29, 0.717) is 18.6 Å². The maximum Gasteiger partial charge on any atom is 0.325 e. The van der Waals surface area contributed by atoms with Gasteiger partial charge in [0, 0.05) is 0 Å². The van der Waals surface area contributed by atoms with Crippen molar-refractivity contribution in [3.63, 3.8) is 0 Å². The minimum Gasteiger partial charge on any atom is -0.491 e. The van der Waals surface area contributed by atoms with Gasteiger partial charge in [0.1, 0.15) is 24.0 Å². The fourth-order valence-corrected chi connectivity index (χ4v) is 3.99. The van der Waals surface area contributed by atoms with Crippen LogP contribution >= 0.6 is 0 Å². The van der Waals surface area contributed by atoms with Crippen molar-refractivity contribution in [2.24, 2.45) is 0 Å². The average Bonchev–Trinajstić information content (AvgIpc) is 3.28. The van der Waals surface area contributed by atoms with Crippen LogP contribution in [0.5, 0.6) is 5.75 Å². The second-order valence-corrected chi connectivity index (χ2v) is 7.49. The Bertz CT molecular complexity index is 845. The van der Waals surface area contributed by atoms with Gasteiger partial charge in [0.2, 0.25) is 0 Å². The van der Waals surface area contributed by atoms with Gasteiger partial charge < -0.3 is 15.2 Å². The smallest absolute Gasteiger partial charge is 0.325 e. The number of hydrogen-bond acceptors (Lipinski definition) is 4. The Hall–Kier alpha value is -2.86. The lowest BCUT2D eigenvalue weighted by Crippen LogP contribution is -2.45. The minimum atomic E-state index is -0.944. The second kappa shape index (κ2) is 7.64. The predicted molar refractivity (Wildman–Crippen MR) is 105 cm³/mol. The third-order valence-electron chi connectivity index (χ3n) is 5.50. The van der Waals surface area contributed by atoms with Crippen LogP contribution in [0.15, 0.2) is 54.6 Å². The third kappa shape index (κ3) is 3.60. The van der Waals surface area contributed by atoms with Crippen LogP contribution < -0.4 is 10.1 Å². The van der Waals surface area contributed by atoms with Gasteiger partial charge in [-0.05, 0) is 36.1 Å². The zero-order valence-electron chi connectivity index (χ0n) is 15.6. The molecule has 1 heterocycles. The highest BCUT2D eigenvalue weighted by Gasteiger charge is 2.52. The fourth-order valence-electron chi connectivity index (χ4n) is 3.99. The van der Waals surface area contributed by atoms with Crippen LogP contribution in [0.4, 0.5) is 4.79 Å². The maximum absolute atomic E-state index is 12.6. The van der Waals surface area contributed by atoms with Crippen molar-refractivity contribution in [3.8, 4) is 16.9 Å². The van der Waals surface area contributed by atoms with Crippen LogP contribution in [-0.4, -0.2) is 46.7 Å². The molecular weight excluding hydrogens is 356 g/mol. The predicted octanol–water partition coefficient (Wildman–Crippen LogP) is 2.96. The summed E-state index contributed by atoms with van der Waals surface area (Å²) >= 11 is 0. The molecule has 1 aliphatic carbocycles. The SMILES string of the molecule is O=C1NC2(CCCC2)C(=O)N1C[C@H](O)COc1ccc(-c2ccccc2)cc1. The van der Waals surface area contributed by atoms with Crippen molar-refractivity contribution in [2.75, 3.05) is 13.2 Å². The molecule has 1 aliphatic heterocycles. The number of nitrogens with one attached hydrogen (secondary N) is 1. The Morgan fingerprint density at radius 2 is 1.64 bits per heavy atom. The first-order valence-electron chi connectivity index (χ1n) is 9.68. The highest BCUT2D eigenvalue weighted by molar-refractivity contribution is 6.07. The summed E-state index contributed by atoms with van der Waals surface area (Å²) < 4.78 is 5.64. The first-order chi connectivity index (χ1) is 13.6. The number of β-amino-alcohol motifs (C(OH)–C–C–N with tert-alkyl or cyclic N) is 1. The molecule has 0 aromatic heterocycles. The number of urea groups is 1. The quantitative estimate of drug-likeness (QED) is 0.755. The van der Waals surface area contributed by atoms with Crippen LogP contribution in [-0.2, 0) is 4.79 Å². The van der Waals surface area contributed by atoms with Crippen LogP contribution in [0.1, 0.15) is 25.7 Å². The molecule has 6 heteroatoms. The van der Waals surface area contributed by atoms with E-state index in [9.17, 15) is 14.7 Å². The first kappa shape index (κ1) is 18.5. The minimum absolute atomic E-state index is 0.00867. The van der Waals surface area contributed by atoms with Crippen molar-refractivity contribution >= 4 is 11.9 Å². The zero-order valence-corrected chi connectivity index (χ0v) is 15.6. The van der Waals surface area contributed by atoms with Crippen molar-refractivity contribution in [1.82, 2.24) is 10.2 Å². The highest BCUT2D eigenvalue weighted by Crippen LogP contribution is 2.35. The van der Waals surface area contributed by atoms with Gasteiger partial charge in [0.15, 0.2) is 0 Å². The van der Waals surface area contributed by atoms with E-state index in [1.54, 1.807) is 0 Å². The number of imide groups is 1. The molecular formula is C22H24N2O4. The van der Waals surface area contributed by atoms with Crippen molar-refractivity contribution in [2.45, 2.75) is 37.3 Å². The molecule has 2 fully saturated rings. The van der Waals surface area contributed by atoms with Crippen molar-refractivity contribution in [3.05, 3.63) is 54.6 Å². The number of nitrogens with zero attached hydrogens (tertiary/aromatic N) is 1. The van der Waals surface area contributed by atoms with Gasteiger partial charge in [-0.25, -0.2) is 4.79 Å². The van der Waals surface area contributed by atoms with Crippen LogP contribution in [0, 0.1) is 0 Å². The van der Waals surface area contributed by atoms with E-state index < -0.39 is 17.7 Å². The molecule has 6 nitrogen and oxygen atoms in total. The van der Waals surface area contributed by atoms with Gasteiger partial charge in [-0.3, -0.25) is 9.69 Å². The van der Waals surface area contributed by atoms with E-state index >= 15 is 0 Å². The number of carbonyl (C=O) groups is 2. The van der Waals surface area contributed by atoms with Gasteiger partial charge in [-0.1, -0.05) is 55.3 Å². The summed E-state index contributed by atoms with van der Waals surface area (Å²) in [7, 11) is 0. The largest absolute Gasteiger partial charge is 0.491 e. The third-order valence-corrected chi connectivity index (χ3v) is 5.50. The van der Waals surface area contributed by atoms with Gasteiger partial charge in [-0.15, -0.1) is 0 Å². The Balaban J connectivity index is 1.32. The van der Waals surface area contributed by atoms with E-state index in [-0.39, 0.29) is 19.1 Å². The summed E-state index contributed by atoms with van der Waals surface area (Å²) in [6.45, 7) is -0.0523. The monoisotopic (exact) mass is 380 g/mol. The number of hydrogen-bond donors (Lipinski definition) is 2. The molecule has 28 heavy (non-hydrogen) atoms. The van der Waals surface area contributed by atoms with Gasteiger partial charge in [0.05, 0.1) is 6.54 Å². The van der Waals surface area contributed by atoms with Crippen LogP contribution in [0.3, 0.4) is 0 Å². The topological polar surface area (TPSA) is 78.9 Å². The van der Waals surface area contributed by atoms with Crippen LogP contribution in [0.2, 0.25) is 0 Å². The highest BCUT2D eigenvalue weighted by atomic mass is 16.5. The molecule has 2 aliphatic rings. The molecule has 2 aromatic carbocycles. The average molecular weight is 380 g/mol. The maximum atomic E-state index is 12.6.